The van der Waals surface area contributed by atoms with Crippen molar-refractivity contribution < 1.29 is 14.3 Å². The molecule has 0 saturated carbocycles. The lowest BCUT2D eigenvalue weighted by Crippen LogP contribution is -2.14. The van der Waals surface area contributed by atoms with Crippen molar-refractivity contribution in [2.24, 2.45) is 10.9 Å². The standard InChI is InChI=1S/C13H8BrCl2FN2O2/c14-8-4-9(16)10(17)5-12(8)21-11-2-1-6(15)3-7(11)13(18)19-20/h1-5,20H,(H2,18,19). The van der Waals surface area contributed by atoms with E-state index in [1.165, 1.54) is 18.2 Å². The van der Waals surface area contributed by atoms with Crippen LogP contribution in [0.1, 0.15) is 5.56 Å². The molecular weight excluding hydrogens is 386 g/mol. The Hall–Kier alpha value is -1.50. The first-order valence-corrected chi connectivity index (χ1v) is 7.07. The van der Waals surface area contributed by atoms with Crippen LogP contribution in [0.25, 0.3) is 0 Å². The highest BCUT2D eigenvalue weighted by atomic mass is 79.9. The smallest absolute Gasteiger partial charge is 0.173 e. The number of rotatable bonds is 3. The lowest BCUT2D eigenvalue weighted by molar-refractivity contribution is 0.318. The van der Waals surface area contributed by atoms with Gasteiger partial charge in [-0.15, -0.1) is 0 Å². The topological polar surface area (TPSA) is 67.8 Å². The Labute approximate surface area is 138 Å². The van der Waals surface area contributed by atoms with Crippen molar-refractivity contribution in [3.8, 4) is 11.5 Å². The molecule has 0 unspecified atom stereocenters. The highest BCUT2D eigenvalue weighted by Crippen LogP contribution is 2.35. The Morgan fingerprint density at radius 2 is 1.95 bits per heavy atom. The highest BCUT2D eigenvalue weighted by molar-refractivity contribution is 9.10. The summed E-state index contributed by atoms with van der Waals surface area (Å²) in [5.41, 5.74) is 5.83. The van der Waals surface area contributed by atoms with Crippen molar-refractivity contribution in [1.29, 1.82) is 0 Å². The zero-order chi connectivity index (χ0) is 15.6. The zero-order valence-electron chi connectivity index (χ0n) is 10.3. The van der Waals surface area contributed by atoms with Crippen molar-refractivity contribution in [1.82, 2.24) is 0 Å². The van der Waals surface area contributed by atoms with E-state index in [9.17, 15) is 4.39 Å². The molecule has 21 heavy (non-hydrogen) atoms. The van der Waals surface area contributed by atoms with E-state index in [1.807, 2.05) is 0 Å². The molecule has 2 aromatic carbocycles. The number of oxime groups is 1. The number of halogens is 4. The van der Waals surface area contributed by atoms with Gasteiger partial charge in [0, 0.05) is 11.1 Å². The Morgan fingerprint density at radius 1 is 1.24 bits per heavy atom. The third-order valence-corrected chi connectivity index (χ3v) is 3.66. The van der Waals surface area contributed by atoms with E-state index in [0.717, 1.165) is 6.07 Å². The molecule has 0 spiro atoms. The predicted molar refractivity (Wildman–Crippen MR) is 83.1 cm³/mol. The lowest BCUT2D eigenvalue weighted by atomic mass is 10.2. The summed E-state index contributed by atoms with van der Waals surface area (Å²) in [6, 6.07) is 7.04. The summed E-state index contributed by atoms with van der Waals surface area (Å²) in [6.07, 6.45) is 0. The van der Waals surface area contributed by atoms with Gasteiger partial charge in [0.2, 0.25) is 0 Å². The van der Waals surface area contributed by atoms with E-state index in [4.69, 9.17) is 38.9 Å². The molecule has 2 rings (SSSR count). The summed E-state index contributed by atoms with van der Waals surface area (Å²) in [5, 5.41) is 12.0. The van der Waals surface area contributed by atoms with E-state index in [1.54, 1.807) is 6.07 Å². The van der Waals surface area contributed by atoms with E-state index >= 15 is 0 Å². The molecule has 0 aliphatic rings. The van der Waals surface area contributed by atoms with Gasteiger partial charge in [-0.3, -0.25) is 0 Å². The number of nitrogens with zero attached hydrogens (tertiary/aromatic N) is 1. The summed E-state index contributed by atoms with van der Waals surface area (Å²) >= 11 is 14.7. The fraction of sp³-hybridized carbons (Fsp3) is 0. The number of ether oxygens (including phenoxy) is 1. The minimum atomic E-state index is -0.630. The number of amidine groups is 1. The van der Waals surface area contributed by atoms with Gasteiger partial charge in [0.15, 0.2) is 5.84 Å². The van der Waals surface area contributed by atoms with Crippen LogP contribution < -0.4 is 10.5 Å². The van der Waals surface area contributed by atoms with Gasteiger partial charge in [0.05, 0.1) is 15.1 Å². The molecule has 0 radical (unpaired) electrons. The number of benzene rings is 2. The van der Waals surface area contributed by atoms with Gasteiger partial charge in [-0.25, -0.2) is 4.39 Å². The van der Waals surface area contributed by atoms with Crippen LogP contribution in [-0.2, 0) is 0 Å². The van der Waals surface area contributed by atoms with Crippen molar-refractivity contribution >= 4 is 45.0 Å². The second kappa shape index (κ2) is 6.51. The first-order valence-electron chi connectivity index (χ1n) is 5.52. The average Bonchev–Trinajstić information content (AvgIpc) is 2.45. The molecule has 2 aromatic rings. The molecule has 0 fully saturated rings. The van der Waals surface area contributed by atoms with E-state index in [-0.39, 0.29) is 27.9 Å². The molecular formula is C13H8BrCl2FN2O2. The van der Waals surface area contributed by atoms with Crippen LogP contribution in [-0.4, -0.2) is 11.0 Å². The SMILES string of the molecule is N/C(=N/O)c1cc(Cl)ccc1Oc1cc(F)c(Cl)cc1Br. The quantitative estimate of drug-likeness (QED) is 0.259. The minimum Gasteiger partial charge on any atom is -0.455 e. The summed E-state index contributed by atoms with van der Waals surface area (Å²) in [5.74, 6) is -0.379. The first-order chi connectivity index (χ1) is 9.92. The van der Waals surface area contributed by atoms with E-state index < -0.39 is 5.82 Å². The fourth-order valence-corrected chi connectivity index (χ4v) is 2.44. The maximum atomic E-state index is 13.5. The van der Waals surface area contributed by atoms with Crippen LogP contribution in [0.5, 0.6) is 11.5 Å². The largest absolute Gasteiger partial charge is 0.455 e. The minimum absolute atomic E-state index is 0.0398. The van der Waals surface area contributed by atoms with Gasteiger partial charge in [-0.05, 0) is 40.2 Å². The molecule has 4 nitrogen and oxygen atoms in total. The molecule has 8 heteroatoms. The average molecular weight is 394 g/mol. The van der Waals surface area contributed by atoms with Gasteiger partial charge in [0.1, 0.15) is 17.3 Å². The molecule has 0 amide bonds. The normalized spacial score (nSPS) is 11.5. The summed E-state index contributed by atoms with van der Waals surface area (Å²) < 4.78 is 19.5. The Kier molecular flexibility index (Phi) is 4.92. The summed E-state index contributed by atoms with van der Waals surface area (Å²) in [7, 11) is 0. The predicted octanol–water partition coefficient (Wildman–Crippen LogP) is 4.78. The van der Waals surface area contributed by atoms with Crippen molar-refractivity contribution in [3.63, 3.8) is 0 Å². The second-order valence-electron chi connectivity index (χ2n) is 3.92. The monoisotopic (exact) mass is 392 g/mol. The van der Waals surface area contributed by atoms with Crippen molar-refractivity contribution in [3.05, 3.63) is 56.2 Å². The molecule has 0 bridgehead atoms. The van der Waals surface area contributed by atoms with Gasteiger partial charge < -0.3 is 15.7 Å². The Bertz CT molecular complexity index is 726. The van der Waals surface area contributed by atoms with Crippen LogP contribution in [0.3, 0.4) is 0 Å². The van der Waals surface area contributed by atoms with Gasteiger partial charge >= 0.3 is 0 Å². The summed E-state index contributed by atoms with van der Waals surface area (Å²) in [4.78, 5) is 0. The Morgan fingerprint density at radius 3 is 2.62 bits per heavy atom. The van der Waals surface area contributed by atoms with Gasteiger partial charge in [-0.2, -0.15) is 0 Å². The first kappa shape index (κ1) is 15.9. The van der Waals surface area contributed by atoms with Crippen molar-refractivity contribution in [2.45, 2.75) is 0 Å². The summed E-state index contributed by atoms with van der Waals surface area (Å²) in [6.45, 7) is 0. The zero-order valence-corrected chi connectivity index (χ0v) is 13.4. The molecule has 0 atom stereocenters. The second-order valence-corrected chi connectivity index (χ2v) is 5.62. The van der Waals surface area contributed by atoms with Crippen LogP contribution in [0.2, 0.25) is 10.0 Å². The van der Waals surface area contributed by atoms with Gasteiger partial charge in [-0.1, -0.05) is 28.4 Å². The number of hydrogen-bond acceptors (Lipinski definition) is 3. The lowest BCUT2D eigenvalue weighted by Gasteiger charge is -2.12. The maximum Gasteiger partial charge on any atom is 0.173 e. The molecule has 0 aliphatic heterocycles. The molecule has 0 aliphatic carbocycles. The van der Waals surface area contributed by atoms with E-state index in [2.05, 4.69) is 21.1 Å². The number of nitrogens with two attached hydrogens (primary N) is 1. The van der Waals surface area contributed by atoms with Crippen LogP contribution in [0.4, 0.5) is 4.39 Å². The third-order valence-electron chi connectivity index (χ3n) is 2.52. The molecule has 0 heterocycles. The number of hydrogen-bond donors (Lipinski definition) is 2. The third kappa shape index (κ3) is 3.58. The Balaban J connectivity index is 2.47. The molecule has 0 saturated heterocycles. The molecule has 0 aromatic heterocycles. The highest BCUT2D eigenvalue weighted by Gasteiger charge is 2.14. The van der Waals surface area contributed by atoms with Crippen LogP contribution in [0.15, 0.2) is 40.0 Å². The van der Waals surface area contributed by atoms with Crippen molar-refractivity contribution in [2.75, 3.05) is 0 Å². The maximum absolute atomic E-state index is 13.5. The molecule has 110 valence electrons. The van der Waals surface area contributed by atoms with Crippen LogP contribution in [0, 0.1) is 5.82 Å². The molecule has 3 N–H and O–H groups in total. The van der Waals surface area contributed by atoms with Crippen LogP contribution >= 0.6 is 39.1 Å². The fourth-order valence-electron chi connectivity index (χ4n) is 1.55. The van der Waals surface area contributed by atoms with Gasteiger partial charge in [0.25, 0.3) is 0 Å². The van der Waals surface area contributed by atoms with E-state index in [0.29, 0.717) is 9.50 Å².